The maximum absolute atomic E-state index is 13.4. The predicted molar refractivity (Wildman–Crippen MR) is 68.8 cm³/mol. The summed E-state index contributed by atoms with van der Waals surface area (Å²) in [7, 11) is 0. The number of anilines is 1. The van der Waals surface area contributed by atoms with E-state index in [0.29, 0.717) is 12.2 Å². The lowest BCUT2D eigenvalue weighted by Gasteiger charge is -2.07. The van der Waals surface area contributed by atoms with Crippen LogP contribution in [0.25, 0.3) is 0 Å². The van der Waals surface area contributed by atoms with Crippen LogP contribution in [0, 0.1) is 12.7 Å². The second-order valence-corrected chi connectivity index (χ2v) is 4.90. The molecule has 0 bridgehead atoms. The summed E-state index contributed by atoms with van der Waals surface area (Å²) < 4.78 is 18.3. The maximum Gasteiger partial charge on any atom is 0.338 e. The van der Waals surface area contributed by atoms with E-state index in [1.165, 1.54) is 6.07 Å². The van der Waals surface area contributed by atoms with Crippen molar-refractivity contribution in [2.75, 3.05) is 23.8 Å². The maximum atomic E-state index is 13.4. The monoisotopic (exact) mass is 257 g/mol. The number of nitrogen functional groups attached to an aromatic ring is 1. The molecule has 2 N–H and O–H groups in total. The number of rotatable bonds is 5. The minimum absolute atomic E-state index is 0.159. The summed E-state index contributed by atoms with van der Waals surface area (Å²) in [5.74, 6) is 0.697. The molecule has 0 fully saturated rings. The van der Waals surface area contributed by atoms with E-state index in [1.807, 2.05) is 6.92 Å². The molecule has 0 aliphatic rings. The molecular weight excluding hydrogens is 241 g/mol. The van der Waals surface area contributed by atoms with Gasteiger partial charge >= 0.3 is 5.97 Å². The van der Waals surface area contributed by atoms with Crippen molar-refractivity contribution in [3.8, 4) is 0 Å². The van der Waals surface area contributed by atoms with Crippen LogP contribution < -0.4 is 5.73 Å². The van der Waals surface area contributed by atoms with Gasteiger partial charge in [0.05, 0.1) is 5.56 Å². The lowest BCUT2D eigenvalue weighted by molar-refractivity contribution is 0.0530. The van der Waals surface area contributed by atoms with Gasteiger partial charge in [-0.3, -0.25) is 0 Å². The molecule has 0 spiro atoms. The molecule has 5 heteroatoms. The van der Waals surface area contributed by atoms with Gasteiger partial charge in [0.2, 0.25) is 0 Å². The second-order valence-electron chi connectivity index (χ2n) is 3.51. The fourth-order valence-corrected chi connectivity index (χ4v) is 1.73. The van der Waals surface area contributed by atoms with Crippen molar-refractivity contribution < 1.29 is 13.9 Å². The summed E-state index contributed by atoms with van der Waals surface area (Å²) in [5.41, 5.74) is 6.36. The Bertz CT molecular complexity index is 386. The summed E-state index contributed by atoms with van der Waals surface area (Å²) in [4.78, 5) is 11.6. The Morgan fingerprint density at radius 1 is 1.53 bits per heavy atom. The fraction of sp³-hybridized carbons (Fsp3) is 0.417. The van der Waals surface area contributed by atoms with Gasteiger partial charge in [-0.1, -0.05) is 6.92 Å². The number of carbonyl (C=O) groups is 1. The van der Waals surface area contributed by atoms with E-state index >= 15 is 0 Å². The van der Waals surface area contributed by atoms with E-state index < -0.39 is 11.8 Å². The van der Waals surface area contributed by atoms with Gasteiger partial charge in [-0.25, -0.2) is 9.18 Å². The fourth-order valence-electron chi connectivity index (χ4n) is 1.24. The first-order valence-electron chi connectivity index (χ1n) is 5.36. The van der Waals surface area contributed by atoms with Gasteiger partial charge in [-0.15, -0.1) is 0 Å². The number of thioether (sulfide) groups is 1. The van der Waals surface area contributed by atoms with Crippen molar-refractivity contribution in [1.82, 2.24) is 0 Å². The molecule has 0 unspecified atom stereocenters. The van der Waals surface area contributed by atoms with E-state index in [-0.39, 0.29) is 11.3 Å². The van der Waals surface area contributed by atoms with Crippen molar-refractivity contribution in [2.24, 2.45) is 0 Å². The molecule has 0 saturated heterocycles. The van der Waals surface area contributed by atoms with Crippen LogP contribution in [0.4, 0.5) is 10.1 Å². The molecule has 0 radical (unpaired) electrons. The summed E-state index contributed by atoms with van der Waals surface area (Å²) in [6, 6.07) is 2.59. The van der Waals surface area contributed by atoms with Crippen LogP contribution >= 0.6 is 11.8 Å². The van der Waals surface area contributed by atoms with Crippen LogP contribution in [0.1, 0.15) is 22.8 Å². The summed E-state index contributed by atoms with van der Waals surface area (Å²) in [5, 5.41) is 0. The van der Waals surface area contributed by atoms with Crippen LogP contribution in [-0.4, -0.2) is 24.1 Å². The van der Waals surface area contributed by atoms with E-state index in [1.54, 1.807) is 18.7 Å². The van der Waals surface area contributed by atoms with Crippen molar-refractivity contribution in [3.05, 3.63) is 29.1 Å². The van der Waals surface area contributed by atoms with Crippen molar-refractivity contribution in [1.29, 1.82) is 0 Å². The number of nitrogens with two attached hydrogens (primary N) is 1. The average Bonchev–Trinajstić information content (AvgIpc) is 2.30. The Hall–Kier alpha value is -1.23. The predicted octanol–water partition coefficient (Wildman–Crippen LogP) is 2.63. The molecule has 0 amide bonds. The molecule has 1 rings (SSSR count). The van der Waals surface area contributed by atoms with Crippen molar-refractivity contribution in [3.63, 3.8) is 0 Å². The highest BCUT2D eigenvalue weighted by molar-refractivity contribution is 7.99. The first kappa shape index (κ1) is 13.8. The standard InChI is InChI=1S/C12H16FNO2S/c1-3-17-5-4-16-12(15)9-6-10(13)8(2)11(14)7-9/h6-7H,3-5,14H2,1-2H3. The zero-order chi connectivity index (χ0) is 12.8. The van der Waals surface area contributed by atoms with Crippen LogP contribution in [0.5, 0.6) is 0 Å². The third-order valence-corrected chi connectivity index (χ3v) is 3.15. The molecule has 0 aliphatic carbocycles. The van der Waals surface area contributed by atoms with Crippen molar-refractivity contribution >= 4 is 23.4 Å². The van der Waals surface area contributed by atoms with E-state index in [0.717, 1.165) is 17.6 Å². The van der Waals surface area contributed by atoms with Gasteiger partial charge in [-0.05, 0) is 24.8 Å². The molecule has 0 heterocycles. The minimum atomic E-state index is -0.535. The number of benzene rings is 1. The van der Waals surface area contributed by atoms with Gasteiger partial charge < -0.3 is 10.5 Å². The van der Waals surface area contributed by atoms with Gasteiger partial charge in [0.1, 0.15) is 12.4 Å². The van der Waals surface area contributed by atoms with E-state index in [2.05, 4.69) is 0 Å². The zero-order valence-electron chi connectivity index (χ0n) is 9.96. The van der Waals surface area contributed by atoms with Crippen molar-refractivity contribution in [2.45, 2.75) is 13.8 Å². The molecule has 0 atom stereocenters. The summed E-state index contributed by atoms with van der Waals surface area (Å²) in [6.45, 7) is 3.92. The number of esters is 1. The van der Waals surface area contributed by atoms with Crippen LogP contribution in [0.3, 0.4) is 0 Å². The Labute approximate surface area is 105 Å². The quantitative estimate of drug-likeness (QED) is 0.500. The third-order valence-electron chi connectivity index (χ3n) is 2.29. The highest BCUT2D eigenvalue weighted by Crippen LogP contribution is 2.18. The molecule has 1 aromatic carbocycles. The molecule has 94 valence electrons. The van der Waals surface area contributed by atoms with Crippen LogP contribution in [0.2, 0.25) is 0 Å². The molecule has 0 saturated carbocycles. The SMILES string of the molecule is CCSCCOC(=O)c1cc(N)c(C)c(F)c1. The van der Waals surface area contributed by atoms with Crippen LogP contribution in [-0.2, 0) is 4.74 Å². The molecule has 3 nitrogen and oxygen atoms in total. The number of carbonyl (C=O) groups excluding carboxylic acids is 1. The number of halogens is 1. The Kier molecular flexibility index (Phi) is 5.28. The molecule has 0 aromatic heterocycles. The second kappa shape index (κ2) is 6.49. The summed E-state index contributed by atoms with van der Waals surface area (Å²) >= 11 is 1.68. The highest BCUT2D eigenvalue weighted by Gasteiger charge is 2.12. The van der Waals surface area contributed by atoms with Crippen LogP contribution in [0.15, 0.2) is 12.1 Å². The number of hydrogen-bond acceptors (Lipinski definition) is 4. The normalized spacial score (nSPS) is 10.3. The molecular formula is C12H16FNO2S. The average molecular weight is 257 g/mol. The van der Waals surface area contributed by atoms with Gasteiger partial charge in [-0.2, -0.15) is 11.8 Å². The third kappa shape index (κ3) is 3.93. The first-order chi connectivity index (χ1) is 8.06. The smallest absolute Gasteiger partial charge is 0.338 e. The Morgan fingerprint density at radius 2 is 2.24 bits per heavy atom. The number of ether oxygens (including phenoxy) is 1. The topological polar surface area (TPSA) is 52.3 Å². The first-order valence-corrected chi connectivity index (χ1v) is 6.52. The summed E-state index contributed by atoms with van der Waals surface area (Å²) in [6.07, 6.45) is 0. The lowest BCUT2D eigenvalue weighted by Crippen LogP contribution is -2.09. The van der Waals surface area contributed by atoms with Gasteiger partial charge in [0.15, 0.2) is 0 Å². The number of hydrogen-bond donors (Lipinski definition) is 1. The lowest BCUT2D eigenvalue weighted by atomic mass is 10.1. The van der Waals surface area contributed by atoms with E-state index in [9.17, 15) is 9.18 Å². The minimum Gasteiger partial charge on any atom is -0.461 e. The Balaban J connectivity index is 2.63. The Morgan fingerprint density at radius 3 is 2.82 bits per heavy atom. The van der Waals surface area contributed by atoms with Gasteiger partial charge in [0, 0.05) is 17.0 Å². The molecule has 0 aliphatic heterocycles. The highest BCUT2D eigenvalue weighted by atomic mass is 32.2. The largest absolute Gasteiger partial charge is 0.461 e. The van der Waals surface area contributed by atoms with E-state index in [4.69, 9.17) is 10.5 Å². The molecule has 1 aromatic rings. The van der Waals surface area contributed by atoms with Gasteiger partial charge in [0.25, 0.3) is 0 Å². The molecule has 17 heavy (non-hydrogen) atoms. The zero-order valence-corrected chi connectivity index (χ0v) is 10.8.